The molecule has 0 radical (unpaired) electrons. The third kappa shape index (κ3) is 5.88. The minimum absolute atomic E-state index is 0.159. The quantitative estimate of drug-likeness (QED) is 0.641. The molecule has 2 N–H and O–H groups in total. The van der Waals surface area contributed by atoms with Crippen molar-refractivity contribution in [2.45, 2.75) is 19.5 Å². The molecule has 1 heterocycles. The largest absolute Gasteiger partial charge is 0.455 e. The summed E-state index contributed by atoms with van der Waals surface area (Å²) in [5, 5.41) is 3.06. The number of amides is 3. The third-order valence-corrected chi connectivity index (χ3v) is 4.94. The normalized spacial score (nSPS) is 15.8. The van der Waals surface area contributed by atoms with Crippen LogP contribution >= 0.6 is 0 Å². The van der Waals surface area contributed by atoms with Gasteiger partial charge in [0, 0.05) is 12.0 Å². The number of rotatable bonds is 6. The van der Waals surface area contributed by atoms with Gasteiger partial charge in [-0.25, -0.2) is 0 Å². The molecule has 11 heteroatoms. The number of carbonyl (C=O) groups is 4. The van der Waals surface area contributed by atoms with Crippen molar-refractivity contribution < 1.29 is 37.1 Å². The Kier molecular flexibility index (Phi) is 7.00. The van der Waals surface area contributed by atoms with Crippen LogP contribution in [0.2, 0.25) is 0 Å². The van der Waals surface area contributed by atoms with Gasteiger partial charge in [-0.05, 0) is 30.7 Å². The maximum Gasteiger partial charge on any atom is 0.418 e. The van der Waals surface area contributed by atoms with Gasteiger partial charge in [0.2, 0.25) is 5.91 Å². The summed E-state index contributed by atoms with van der Waals surface area (Å²) in [4.78, 5) is 48.8. The number of aryl methyl sites for hydroxylation is 1. The topological polar surface area (TPSA) is 105 Å². The predicted octanol–water partition coefficient (Wildman–Crippen LogP) is 2.69. The molecule has 2 aromatic rings. The molecule has 2 aromatic carbocycles. The second-order valence-electron chi connectivity index (χ2n) is 7.36. The van der Waals surface area contributed by atoms with Crippen LogP contribution in [-0.2, 0) is 25.3 Å². The molecule has 0 aromatic heterocycles. The summed E-state index contributed by atoms with van der Waals surface area (Å²) >= 11 is 0. The lowest BCUT2D eigenvalue weighted by molar-refractivity contribution is -0.151. The van der Waals surface area contributed by atoms with E-state index in [1.807, 2.05) is 0 Å². The van der Waals surface area contributed by atoms with E-state index in [0.717, 1.165) is 17.1 Å². The highest BCUT2D eigenvalue weighted by molar-refractivity contribution is 5.98. The van der Waals surface area contributed by atoms with Crippen LogP contribution in [0.25, 0.3) is 0 Å². The summed E-state index contributed by atoms with van der Waals surface area (Å²) in [6, 6.07) is 11.1. The molecule has 1 fully saturated rings. The van der Waals surface area contributed by atoms with Gasteiger partial charge in [0.15, 0.2) is 6.61 Å². The number of nitrogens with one attached hydrogen (secondary N) is 2. The van der Waals surface area contributed by atoms with Crippen molar-refractivity contribution in [1.29, 1.82) is 0 Å². The third-order valence-electron chi connectivity index (χ3n) is 4.94. The van der Waals surface area contributed by atoms with E-state index in [0.29, 0.717) is 11.1 Å². The van der Waals surface area contributed by atoms with E-state index in [1.165, 1.54) is 12.1 Å². The Bertz CT molecular complexity index is 1090. The van der Waals surface area contributed by atoms with E-state index >= 15 is 0 Å². The molecular weight excluding hydrogens is 443 g/mol. The van der Waals surface area contributed by atoms with E-state index in [1.54, 1.807) is 31.2 Å². The van der Waals surface area contributed by atoms with Crippen molar-refractivity contribution >= 4 is 29.4 Å². The number of esters is 1. The molecule has 1 aliphatic heterocycles. The molecule has 3 amide bonds. The number of halogens is 3. The minimum Gasteiger partial charge on any atom is -0.455 e. The first kappa shape index (κ1) is 23.8. The molecule has 1 atom stereocenters. The summed E-state index contributed by atoms with van der Waals surface area (Å²) in [5.41, 5.74) is 2.01. The molecule has 0 bridgehead atoms. The zero-order chi connectivity index (χ0) is 24.2. The van der Waals surface area contributed by atoms with Crippen molar-refractivity contribution in [2.24, 2.45) is 5.92 Å². The fourth-order valence-electron chi connectivity index (χ4n) is 3.26. The van der Waals surface area contributed by atoms with E-state index in [2.05, 4.69) is 10.7 Å². The summed E-state index contributed by atoms with van der Waals surface area (Å²) in [7, 11) is 0. The Balaban J connectivity index is 1.52. The Hall–Kier alpha value is -3.89. The van der Waals surface area contributed by atoms with Crippen molar-refractivity contribution in [2.75, 3.05) is 18.5 Å². The molecule has 0 saturated carbocycles. The fourth-order valence-corrected chi connectivity index (χ4v) is 3.26. The maximum absolute atomic E-state index is 13.0. The van der Waals surface area contributed by atoms with E-state index in [4.69, 9.17) is 4.74 Å². The molecule has 33 heavy (non-hydrogen) atoms. The van der Waals surface area contributed by atoms with Crippen molar-refractivity contribution in [3.05, 3.63) is 65.2 Å². The first-order valence-electron chi connectivity index (χ1n) is 9.86. The first-order valence-corrected chi connectivity index (χ1v) is 9.86. The number of hydrogen-bond acceptors (Lipinski definition) is 5. The van der Waals surface area contributed by atoms with Gasteiger partial charge in [0.25, 0.3) is 11.8 Å². The second-order valence-corrected chi connectivity index (χ2v) is 7.36. The molecule has 1 saturated heterocycles. The number of anilines is 1. The average molecular weight is 463 g/mol. The number of nitrogens with zero attached hydrogens (tertiary/aromatic N) is 1. The average Bonchev–Trinajstić information content (AvgIpc) is 3.12. The van der Waals surface area contributed by atoms with Crippen molar-refractivity contribution in [3.8, 4) is 0 Å². The van der Waals surface area contributed by atoms with Gasteiger partial charge < -0.3 is 10.1 Å². The van der Waals surface area contributed by atoms with Gasteiger partial charge in [-0.2, -0.15) is 13.2 Å². The summed E-state index contributed by atoms with van der Waals surface area (Å²) in [6.07, 6.45) is -4.91. The summed E-state index contributed by atoms with van der Waals surface area (Å²) in [5.74, 6) is -3.81. The van der Waals surface area contributed by atoms with E-state index < -0.39 is 53.6 Å². The zero-order valence-corrected chi connectivity index (χ0v) is 17.4. The van der Waals surface area contributed by atoms with Crippen LogP contribution in [0.4, 0.5) is 18.9 Å². The zero-order valence-electron chi connectivity index (χ0n) is 17.4. The predicted molar refractivity (Wildman–Crippen MR) is 109 cm³/mol. The Morgan fingerprint density at radius 1 is 1.09 bits per heavy atom. The standard InChI is InChI=1S/C22H20F3N3O5/c1-13-6-2-3-7-15(13)20(31)27-28-11-14(10-19(28)30)21(32)33-12-18(29)26-17-9-5-4-8-16(17)22(23,24)25/h2-9,14H,10-12H2,1H3,(H,26,29)(H,27,31)/t14-/m1/s1. The summed E-state index contributed by atoms with van der Waals surface area (Å²) < 4.78 is 43.9. The highest BCUT2D eigenvalue weighted by Crippen LogP contribution is 2.34. The van der Waals surface area contributed by atoms with E-state index in [-0.39, 0.29) is 13.0 Å². The molecule has 0 aliphatic carbocycles. The van der Waals surface area contributed by atoms with Gasteiger partial charge >= 0.3 is 12.1 Å². The number of alkyl halides is 3. The van der Waals surface area contributed by atoms with Gasteiger partial charge in [0.05, 0.1) is 23.7 Å². The van der Waals surface area contributed by atoms with Gasteiger partial charge in [-0.15, -0.1) is 0 Å². The van der Waals surface area contributed by atoms with Crippen LogP contribution in [0, 0.1) is 12.8 Å². The number of ether oxygens (including phenoxy) is 1. The number of benzene rings is 2. The van der Waals surface area contributed by atoms with Crippen LogP contribution in [0.3, 0.4) is 0 Å². The van der Waals surface area contributed by atoms with Gasteiger partial charge in [-0.3, -0.25) is 29.6 Å². The second kappa shape index (κ2) is 9.72. The van der Waals surface area contributed by atoms with Crippen LogP contribution in [0.5, 0.6) is 0 Å². The number of carbonyl (C=O) groups excluding carboxylic acids is 4. The lowest BCUT2D eigenvalue weighted by Gasteiger charge is -2.18. The van der Waals surface area contributed by atoms with Crippen LogP contribution in [0.15, 0.2) is 48.5 Å². The molecule has 3 rings (SSSR count). The van der Waals surface area contributed by atoms with Gasteiger partial charge in [0.1, 0.15) is 0 Å². The van der Waals surface area contributed by atoms with Crippen LogP contribution in [0.1, 0.15) is 27.9 Å². The fraction of sp³-hybridized carbons (Fsp3) is 0.273. The number of hydrazine groups is 1. The first-order chi connectivity index (χ1) is 15.6. The minimum atomic E-state index is -4.67. The number of hydrogen-bond donors (Lipinski definition) is 2. The SMILES string of the molecule is Cc1ccccc1C(=O)NN1C[C@H](C(=O)OCC(=O)Nc2ccccc2C(F)(F)F)CC1=O. The van der Waals surface area contributed by atoms with Gasteiger partial charge in [-0.1, -0.05) is 30.3 Å². The smallest absolute Gasteiger partial charge is 0.418 e. The van der Waals surface area contributed by atoms with Crippen molar-refractivity contribution in [1.82, 2.24) is 10.4 Å². The number of para-hydroxylation sites is 1. The molecule has 174 valence electrons. The Labute approximate surface area is 186 Å². The Morgan fingerprint density at radius 2 is 1.76 bits per heavy atom. The molecule has 0 unspecified atom stereocenters. The highest BCUT2D eigenvalue weighted by Gasteiger charge is 2.37. The maximum atomic E-state index is 13.0. The van der Waals surface area contributed by atoms with Crippen molar-refractivity contribution in [3.63, 3.8) is 0 Å². The molecular formula is C22H20F3N3O5. The Morgan fingerprint density at radius 3 is 2.45 bits per heavy atom. The molecule has 1 aliphatic rings. The van der Waals surface area contributed by atoms with E-state index in [9.17, 15) is 32.3 Å². The lowest BCUT2D eigenvalue weighted by atomic mass is 10.1. The monoisotopic (exact) mass is 463 g/mol. The molecule has 0 spiro atoms. The molecule has 8 nitrogen and oxygen atoms in total. The lowest BCUT2D eigenvalue weighted by Crippen LogP contribution is -2.43. The van der Waals surface area contributed by atoms with Crippen LogP contribution in [-0.4, -0.2) is 41.9 Å². The summed E-state index contributed by atoms with van der Waals surface area (Å²) in [6.45, 7) is 0.748. The highest BCUT2D eigenvalue weighted by atomic mass is 19.4. The van der Waals surface area contributed by atoms with Crippen LogP contribution < -0.4 is 10.7 Å².